The highest BCUT2D eigenvalue weighted by Gasteiger charge is 2.66. The molecule has 1 nitrogen and oxygen atoms in total. The molecule has 0 heterocycles. The van der Waals surface area contributed by atoms with Gasteiger partial charge in [-0.15, -0.1) is 0 Å². The Morgan fingerprint density at radius 2 is 1.90 bits per heavy atom. The fourth-order valence-electron chi connectivity index (χ4n) is 3.21. The van der Waals surface area contributed by atoms with Crippen LogP contribution in [0, 0.1) is 23.2 Å². The maximum absolute atomic E-state index is 9.55. The first kappa shape index (κ1) is 6.66. The summed E-state index contributed by atoms with van der Waals surface area (Å²) < 4.78 is 0. The molecule has 1 heteroatoms. The number of hydrogen-bond donors (Lipinski definition) is 1. The van der Waals surface area contributed by atoms with Crippen molar-refractivity contribution in [2.75, 3.05) is 0 Å². The van der Waals surface area contributed by atoms with Crippen LogP contribution in [0.25, 0.3) is 0 Å². The molecule has 2 aliphatic carbocycles. The summed E-state index contributed by atoms with van der Waals surface area (Å²) in [4.78, 5) is 0. The maximum Gasteiger partial charge on any atom is 0.0579 e. The van der Waals surface area contributed by atoms with Crippen molar-refractivity contribution in [3.63, 3.8) is 0 Å². The van der Waals surface area contributed by atoms with E-state index < -0.39 is 0 Å². The Morgan fingerprint density at radius 1 is 1.30 bits per heavy atom. The largest absolute Gasteiger partial charge is 0.393 e. The topological polar surface area (TPSA) is 20.2 Å². The summed E-state index contributed by atoms with van der Waals surface area (Å²) in [6.45, 7) is 6.82. The third-order valence-corrected chi connectivity index (χ3v) is 3.64. The van der Waals surface area contributed by atoms with Crippen molar-refractivity contribution in [3.8, 4) is 0 Å². The smallest absolute Gasteiger partial charge is 0.0579 e. The van der Waals surface area contributed by atoms with Crippen LogP contribution in [0.4, 0.5) is 0 Å². The Bertz CT molecular complexity index is 146. The van der Waals surface area contributed by atoms with Gasteiger partial charge < -0.3 is 5.11 Å². The SMILES string of the molecule is C[C@@H]1C[C@H](O)[C@@H]2[C@H]1C2(C)C. The lowest BCUT2D eigenvalue weighted by Crippen LogP contribution is -2.14. The summed E-state index contributed by atoms with van der Waals surface area (Å²) in [7, 11) is 0. The highest BCUT2D eigenvalue weighted by molar-refractivity contribution is 5.14. The van der Waals surface area contributed by atoms with Gasteiger partial charge in [-0.2, -0.15) is 0 Å². The zero-order chi connectivity index (χ0) is 7.52. The van der Waals surface area contributed by atoms with Gasteiger partial charge in [-0.3, -0.25) is 0 Å². The first-order chi connectivity index (χ1) is 4.55. The van der Waals surface area contributed by atoms with Gasteiger partial charge in [0.15, 0.2) is 0 Å². The minimum Gasteiger partial charge on any atom is -0.393 e. The van der Waals surface area contributed by atoms with E-state index in [1.54, 1.807) is 0 Å². The summed E-state index contributed by atoms with van der Waals surface area (Å²) in [6, 6.07) is 0. The minimum atomic E-state index is 0.00926. The minimum absolute atomic E-state index is 0.00926. The summed E-state index contributed by atoms with van der Waals surface area (Å²) in [6.07, 6.45) is 1.05. The Morgan fingerprint density at radius 3 is 2.10 bits per heavy atom. The summed E-state index contributed by atoms with van der Waals surface area (Å²) >= 11 is 0. The van der Waals surface area contributed by atoms with E-state index in [4.69, 9.17) is 0 Å². The highest BCUT2D eigenvalue weighted by Crippen LogP contribution is 2.68. The molecule has 2 fully saturated rings. The number of rotatable bonds is 0. The molecule has 0 aromatic carbocycles. The molecule has 0 radical (unpaired) electrons. The zero-order valence-electron chi connectivity index (χ0n) is 6.96. The van der Waals surface area contributed by atoms with E-state index in [0.717, 1.165) is 18.3 Å². The molecule has 0 aliphatic heterocycles. The number of aliphatic hydroxyl groups is 1. The van der Waals surface area contributed by atoms with Crippen molar-refractivity contribution >= 4 is 0 Å². The van der Waals surface area contributed by atoms with Crippen LogP contribution >= 0.6 is 0 Å². The fraction of sp³-hybridized carbons (Fsp3) is 1.00. The van der Waals surface area contributed by atoms with Crippen LogP contribution in [0.3, 0.4) is 0 Å². The molecule has 0 bridgehead atoms. The van der Waals surface area contributed by atoms with Crippen molar-refractivity contribution in [1.82, 2.24) is 0 Å². The van der Waals surface area contributed by atoms with Crippen molar-refractivity contribution in [2.24, 2.45) is 23.2 Å². The van der Waals surface area contributed by atoms with E-state index in [9.17, 15) is 5.11 Å². The molecule has 0 amide bonds. The van der Waals surface area contributed by atoms with Gasteiger partial charge in [0, 0.05) is 0 Å². The van der Waals surface area contributed by atoms with E-state index in [-0.39, 0.29) is 6.10 Å². The maximum atomic E-state index is 9.55. The first-order valence-corrected chi connectivity index (χ1v) is 4.23. The zero-order valence-corrected chi connectivity index (χ0v) is 6.96. The Labute approximate surface area is 62.4 Å². The van der Waals surface area contributed by atoms with Crippen LogP contribution in [-0.2, 0) is 0 Å². The van der Waals surface area contributed by atoms with Crippen LogP contribution in [-0.4, -0.2) is 11.2 Å². The van der Waals surface area contributed by atoms with Gasteiger partial charge >= 0.3 is 0 Å². The Hall–Kier alpha value is -0.0400. The molecule has 1 N–H and O–H groups in total. The number of fused-ring (bicyclic) bond motifs is 1. The van der Waals surface area contributed by atoms with Gasteiger partial charge in [-0.05, 0) is 29.6 Å². The number of aliphatic hydroxyl groups excluding tert-OH is 1. The van der Waals surface area contributed by atoms with Crippen LogP contribution in [0.15, 0.2) is 0 Å². The molecule has 0 aromatic heterocycles. The lowest BCUT2D eigenvalue weighted by molar-refractivity contribution is 0.128. The average Bonchev–Trinajstić information content (AvgIpc) is 2.17. The summed E-state index contributed by atoms with van der Waals surface area (Å²) in [5.74, 6) is 2.21. The molecule has 58 valence electrons. The van der Waals surface area contributed by atoms with Crippen molar-refractivity contribution in [1.29, 1.82) is 0 Å². The fourth-order valence-corrected chi connectivity index (χ4v) is 3.21. The van der Waals surface area contributed by atoms with Crippen molar-refractivity contribution in [3.05, 3.63) is 0 Å². The van der Waals surface area contributed by atoms with Gasteiger partial charge in [-0.25, -0.2) is 0 Å². The third-order valence-electron chi connectivity index (χ3n) is 3.64. The van der Waals surface area contributed by atoms with Gasteiger partial charge in [0.05, 0.1) is 6.10 Å². The van der Waals surface area contributed by atoms with E-state index in [1.807, 2.05) is 0 Å². The van der Waals surface area contributed by atoms with Crippen LogP contribution in [0.5, 0.6) is 0 Å². The first-order valence-electron chi connectivity index (χ1n) is 4.23. The second-order valence-corrected chi connectivity index (χ2v) is 4.65. The van der Waals surface area contributed by atoms with E-state index in [2.05, 4.69) is 20.8 Å². The van der Waals surface area contributed by atoms with Crippen LogP contribution < -0.4 is 0 Å². The summed E-state index contributed by atoms with van der Waals surface area (Å²) in [5, 5.41) is 9.55. The lowest BCUT2D eigenvalue weighted by Gasteiger charge is -2.15. The normalized spacial score (nSPS) is 56.4. The molecular weight excluding hydrogens is 124 g/mol. The van der Waals surface area contributed by atoms with E-state index in [1.165, 1.54) is 0 Å². The van der Waals surface area contributed by atoms with Gasteiger partial charge in [0.25, 0.3) is 0 Å². The molecule has 0 saturated heterocycles. The monoisotopic (exact) mass is 140 g/mol. The molecule has 0 aromatic rings. The molecule has 2 saturated carbocycles. The molecule has 2 aliphatic rings. The quantitative estimate of drug-likeness (QED) is 0.542. The second kappa shape index (κ2) is 1.58. The van der Waals surface area contributed by atoms with Crippen LogP contribution in [0.1, 0.15) is 27.2 Å². The molecule has 2 rings (SSSR count). The molecular formula is C9H16O. The average molecular weight is 140 g/mol. The van der Waals surface area contributed by atoms with Gasteiger partial charge in [0.1, 0.15) is 0 Å². The molecule has 0 spiro atoms. The number of hydrogen-bond acceptors (Lipinski definition) is 1. The Kier molecular flexibility index (Phi) is 1.05. The second-order valence-electron chi connectivity index (χ2n) is 4.65. The summed E-state index contributed by atoms with van der Waals surface area (Å²) in [5.41, 5.74) is 0.455. The third kappa shape index (κ3) is 0.572. The van der Waals surface area contributed by atoms with Crippen molar-refractivity contribution in [2.45, 2.75) is 33.3 Å². The Balaban J connectivity index is 2.18. The standard InChI is InChI=1S/C9H16O/c1-5-4-6(10)8-7(5)9(8,2)3/h5-8,10H,4H2,1-3H3/t5-,6+,7+,8-/m1/s1. The van der Waals surface area contributed by atoms with Crippen molar-refractivity contribution < 1.29 is 5.11 Å². The molecule has 10 heavy (non-hydrogen) atoms. The lowest BCUT2D eigenvalue weighted by atomic mass is 9.93. The van der Waals surface area contributed by atoms with E-state index >= 15 is 0 Å². The highest BCUT2D eigenvalue weighted by atomic mass is 16.3. The van der Waals surface area contributed by atoms with Gasteiger partial charge in [0.2, 0.25) is 0 Å². The molecule has 4 atom stereocenters. The predicted molar refractivity (Wildman–Crippen MR) is 40.5 cm³/mol. The predicted octanol–water partition coefficient (Wildman–Crippen LogP) is 1.66. The molecule has 0 unspecified atom stereocenters. The van der Waals surface area contributed by atoms with E-state index in [0.29, 0.717) is 11.3 Å². The van der Waals surface area contributed by atoms with Gasteiger partial charge in [-0.1, -0.05) is 20.8 Å². The van der Waals surface area contributed by atoms with Crippen LogP contribution in [0.2, 0.25) is 0 Å².